The van der Waals surface area contributed by atoms with E-state index in [1.807, 2.05) is 54.4 Å². The molecule has 0 aromatic heterocycles. The Morgan fingerprint density at radius 2 is 1.96 bits per heavy atom. The maximum Gasteiger partial charge on any atom is 0.253 e. The largest absolute Gasteiger partial charge is 0.508 e. The summed E-state index contributed by atoms with van der Waals surface area (Å²) in [7, 11) is 4.09. The third-order valence-corrected chi connectivity index (χ3v) is 6.46. The Morgan fingerprint density at radius 3 is 2.69 bits per heavy atom. The molecule has 3 atom stereocenters. The minimum Gasteiger partial charge on any atom is -0.508 e. The van der Waals surface area contributed by atoms with Crippen LogP contribution in [0, 0.1) is 0 Å². The SMILES string of the molecule is CN1CC[C@]2(C)c3cc(O)ccc3C[C@@H]1[C@@H]2N(C)C(=O)c1ccccc1. The van der Waals surface area contributed by atoms with Crippen LogP contribution in [-0.2, 0) is 11.8 Å². The van der Waals surface area contributed by atoms with Gasteiger partial charge in [-0.3, -0.25) is 4.79 Å². The van der Waals surface area contributed by atoms with E-state index in [2.05, 4.69) is 18.9 Å². The Morgan fingerprint density at radius 1 is 1.23 bits per heavy atom. The summed E-state index contributed by atoms with van der Waals surface area (Å²) >= 11 is 0. The van der Waals surface area contributed by atoms with Gasteiger partial charge in [0.05, 0.1) is 6.04 Å². The number of phenolic OH excluding ortho intramolecular Hbond substituents is 1. The number of amides is 1. The average molecular weight is 350 g/mol. The first-order valence-corrected chi connectivity index (χ1v) is 9.26. The van der Waals surface area contributed by atoms with Crippen LogP contribution in [0.1, 0.15) is 34.8 Å². The second kappa shape index (κ2) is 6.13. The topological polar surface area (TPSA) is 43.8 Å². The van der Waals surface area contributed by atoms with Gasteiger partial charge in [-0.05, 0) is 61.8 Å². The van der Waals surface area contributed by atoms with Gasteiger partial charge in [0.25, 0.3) is 5.91 Å². The number of carbonyl (C=O) groups is 1. The fourth-order valence-electron chi connectivity index (χ4n) is 5.05. The lowest BCUT2D eigenvalue weighted by atomic mass is 9.61. The molecule has 0 spiro atoms. The third-order valence-electron chi connectivity index (χ3n) is 6.46. The van der Waals surface area contributed by atoms with E-state index in [-0.39, 0.29) is 23.4 Å². The molecule has 1 saturated heterocycles. The zero-order valence-corrected chi connectivity index (χ0v) is 15.6. The van der Waals surface area contributed by atoms with Crippen LogP contribution in [0.5, 0.6) is 5.75 Å². The average Bonchev–Trinajstić information content (AvgIpc) is 2.65. The van der Waals surface area contributed by atoms with E-state index in [0.29, 0.717) is 5.75 Å². The van der Waals surface area contributed by atoms with Crippen molar-refractivity contribution < 1.29 is 9.90 Å². The molecule has 0 unspecified atom stereocenters. The van der Waals surface area contributed by atoms with Crippen LogP contribution in [0.15, 0.2) is 48.5 Å². The number of aromatic hydroxyl groups is 1. The maximum absolute atomic E-state index is 13.2. The minimum atomic E-state index is -0.164. The lowest BCUT2D eigenvalue weighted by molar-refractivity contribution is 0.00529. The second-order valence-electron chi connectivity index (χ2n) is 7.99. The van der Waals surface area contributed by atoms with Gasteiger partial charge < -0.3 is 14.9 Å². The van der Waals surface area contributed by atoms with Gasteiger partial charge in [0.15, 0.2) is 0 Å². The number of phenols is 1. The van der Waals surface area contributed by atoms with E-state index in [1.54, 1.807) is 6.07 Å². The highest BCUT2D eigenvalue weighted by molar-refractivity contribution is 5.94. The number of carbonyl (C=O) groups excluding carboxylic acids is 1. The fourth-order valence-corrected chi connectivity index (χ4v) is 5.05. The van der Waals surface area contributed by atoms with E-state index in [0.717, 1.165) is 24.9 Å². The number of fused-ring (bicyclic) bond motifs is 4. The molecular weight excluding hydrogens is 324 g/mol. The zero-order chi connectivity index (χ0) is 18.5. The highest BCUT2D eigenvalue weighted by Crippen LogP contribution is 2.47. The van der Waals surface area contributed by atoms with Crippen LogP contribution >= 0.6 is 0 Å². The van der Waals surface area contributed by atoms with Crippen LogP contribution in [0.2, 0.25) is 0 Å². The van der Waals surface area contributed by atoms with Crippen molar-refractivity contribution in [2.24, 2.45) is 0 Å². The van der Waals surface area contributed by atoms with E-state index in [4.69, 9.17) is 0 Å². The van der Waals surface area contributed by atoms with Crippen molar-refractivity contribution in [1.29, 1.82) is 0 Å². The van der Waals surface area contributed by atoms with Crippen molar-refractivity contribution in [3.05, 3.63) is 65.2 Å². The number of likely N-dealkylation sites (N-methyl/N-ethyl adjacent to an activating group) is 2. The predicted octanol–water partition coefficient (Wildman–Crippen LogP) is 3.05. The highest BCUT2D eigenvalue weighted by atomic mass is 16.3. The number of piperidine rings is 1. The van der Waals surface area contributed by atoms with E-state index >= 15 is 0 Å². The molecule has 1 aliphatic heterocycles. The van der Waals surface area contributed by atoms with Crippen molar-refractivity contribution >= 4 is 5.91 Å². The molecule has 0 saturated carbocycles. The third kappa shape index (κ3) is 2.52. The summed E-state index contributed by atoms with van der Waals surface area (Å²) in [5, 5.41) is 10.1. The predicted molar refractivity (Wildman–Crippen MR) is 103 cm³/mol. The maximum atomic E-state index is 13.2. The molecule has 26 heavy (non-hydrogen) atoms. The number of nitrogens with zero attached hydrogens (tertiary/aromatic N) is 2. The van der Waals surface area contributed by atoms with Gasteiger partial charge in [-0.1, -0.05) is 31.2 Å². The lowest BCUT2D eigenvalue weighted by Gasteiger charge is -2.57. The van der Waals surface area contributed by atoms with Crippen molar-refractivity contribution in [3.8, 4) is 5.75 Å². The molecule has 0 radical (unpaired) electrons. The monoisotopic (exact) mass is 350 g/mol. The number of hydrogen-bond acceptors (Lipinski definition) is 3. The van der Waals surface area contributed by atoms with E-state index in [9.17, 15) is 9.90 Å². The van der Waals surface area contributed by atoms with Crippen LogP contribution < -0.4 is 0 Å². The van der Waals surface area contributed by atoms with Gasteiger partial charge in [0.2, 0.25) is 0 Å². The Hall–Kier alpha value is -2.33. The van der Waals surface area contributed by atoms with Crippen molar-refractivity contribution in [1.82, 2.24) is 9.80 Å². The number of rotatable bonds is 2. The Kier molecular flexibility index (Phi) is 4.03. The van der Waals surface area contributed by atoms with Gasteiger partial charge in [-0.15, -0.1) is 0 Å². The summed E-state index contributed by atoms with van der Waals surface area (Å²) in [5.74, 6) is 0.365. The molecule has 2 aromatic rings. The van der Waals surface area contributed by atoms with Gasteiger partial charge in [-0.25, -0.2) is 0 Å². The molecule has 1 amide bonds. The lowest BCUT2D eigenvalue weighted by Crippen LogP contribution is -2.67. The van der Waals surface area contributed by atoms with Crippen LogP contribution in [0.4, 0.5) is 0 Å². The molecule has 1 fully saturated rings. The molecule has 136 valence electrons. The zero-order valence-electron chi connectivity index (χ0n) is 15.6. The normalized spacial score (nSPS) is 27.7. The molecule has 4 rings (SSSR count). The molecule has 1 heterocycles. The summed E-state index contributed by atoms with van der Waals surface area (Å²) in [6.45, 7) is 3.25. The molecule has 4 nitrogen and oxygen atoms in total. The first-order valence-electron chi connectivity index (χ1n) is 9.26. The van der Waals surface area contributed by atoms with E-state index in [1.165, 1.54) is 11.1 Å². The van der Waals surface area contributed by atoms with Gasteiger partial charge in [0, 0.05) is 24.1 Å². The molecule has 2 aromatic carbocycles. The first-order chi connectivity index (χ1) is 12.4. The fraction of sp³-hybridized carbons (Fsp3) is 0.409. The van der Waals surface area contributed by atoms with Gasteiger partial charge in [-0.2, -0.15) is 0 Å². The van der Waals surface area contributed by atoms with Crippen molar-refractivity contribution in [3.63, 3.8) is 0 Å². The second-order valence-corrected chi connectivity index (χ2v) is 7.99. The smallest absolute Gasteiger partial charge is 0.253 e. The highest BCUT2D eigenvalue weighted by Gasteiger charge is 2.52. The van der Waals surface area contributed by atoms with E-state index < -0.39 is 0 Å². The summed E-state index contributed by atoms with van der Waals surface area (Å²) in [6, 6.07) is 15.6. The Bertz CT molecular complexity index is 835. The molecule has 1 N–H and O–H groups in total. The van der Waals surface area contributed by atoms with Crippen LogP contribution in [0.3, 0.4) is 0 Å². The van der Waals surface area contributed by atoms with Gasteiger partial charge >= 0.3 is 0 Å². The number of likely N-dealkylation sites (tertiary alicyclic amines) is 1. The standard InChI is InChI=1S/C22H26N2O2/c1-22-11-12-23(2)19(13-16-9-10-17(25)14-18(16)22)20(22)24(3)21(26)15-7-5-4-6-8-15/h4-10,14,19-20,25H,11-13H2,1-3H3/t19-,20+,22-/m1/s1. The summed E-state index contributed by atoms with van der Waals surface area (Å²) in [5.41, 5.74) is 3.04. The molecule has 1 aliphatic carbocycles. The van der Waals surface area contributed by atoms with Gasteiger partial charge in [0.1, 0.15) is 5.75 Å². The van der Waals surface area contributed by atoms with Crippen molar-refractivity contribution in [2.75, 3.05) is 20.6 Å². The molecule has 2 aliphatic rings. The Balaban J connectivity index is 1.78. The van der Waals surface area contributed by atoms with Crippen molar-refractivity contribution in [2.45, 2.75) is 37.3 Å². The minimum absolute atomic E-state index is 0.0609. The number of hydrogen-bond donors (Lipinski definition) is 1. The molecule has 2 bridgehead atoms. The Labute approximate surface area is 155 Å². The number of benzene rings is 2. The molecule has 4 heteroatoms. The van der Waals surface area contributed by atoms with Crippen LogP contribution in [0.25, 0.3) is 0 Å². The summed E-state index contributed by atoms with van der Waals surface area (Å²) in [4.78, 5) is 17.5. The summed E-state index contributed by atoms with van der Waals surface area (Å²) < 4.78 is 0. The van der Waals surface area contributed by atoms with Crippen LogP contribution in [-0.4, -0.2) is 53.5 Å². The first kappa shape index (κ1) is 17.1. The summed E-state index contributed by atoms with van der Waals surface area (Å²) in [6.07, 6.45) is 1.87. The molecular formula is C22H26N2O2. The quantitative estimate of drug-likeness (QED) is 0.905.